The number of rotatable bonds is 8. The molecular formula is C28H33N3O5S. The lowest BCUT2D eigenvalue weighted by atomic mass is 9.93. The van der Waals surface area contributed by atoms with Crippen LogP contribution in [0.4, 0.5) is 4.79 Å². The number of thiazole rings is 1. The van der Waals surface area contributed by atoms with E-state index in [1.807, 2.05) is 38.3 Å². The predicted molar refractivity (Wildman–Crippen MR) is 144 cm³/mol. The molecule has 1 aliphatic rings. The van der Waals surface area contributed by atoms with Gasteiger partial charge in [-0.15, -0.1) is 11.3 Å². The van der Waals surface area contributed by atoms with Crippen LogP contribution in [0.15, 0.2) is 46.7 Å². The minimum absolute atomic E-state index is 0.137. The lowest BCUT2D eigenvalue weighted by Gasteiger charge is -2.25. The van der Waals surface area contributed by atoms with Crippen molar-refractivity contribution in [2.45, 2.75) is 59.0 Å². The number of hydrogen-bond acceptors (Lipinski definition) is 7. The molecule has 0 unspecified atom stereocenters. The molecule has 0 saturated heterocycles. The normalized spacial score (nSPS) is 13.1. The van der Waals surface area contributed by atoms with Gasteiger partial charge in [-0.1, -0.05) is 18.2 Å². The van der Waals surface area contributed by atoms with Crippen LogP contribution in [0.5, 0.6) is 5.75 Å². The van der Waals surface area contributed by atoms with Gasteiger partial charge in [0.25, 0.3) is 5.56 Å². The van der Waals surface area contributed by atoms with Crippen molar-refractivity contribution in [1.82, 2.24) is 14.5 Å². The van der Waals surface area contributed by atoms with Crippen LogP contribution in [-0.4, -0.2) is 40.3 Å². The summed E-state index contributed by atoms with van der Waals surface area (Å²) in [6.07, 6.45) is 5.01. The molecule has 4 rings (SSSR count). The zero-order valence-electron chi connectivity index (χ0n) is 21.9. The third-order valence-electron chi connectivity index (χ3n) is 5.76. The molecule has 2 aromatic heterocycles. The maximum Gasteiger partial charge on any atom is 0.410 e. The number of amides is 1. The molecule has 9 heteroatoms. The smallest absolute Gasteiger partial charge is 0.410 e. The summed E-state index contributed by atoms with van der Waals surface area (Å²) in [4.78, 5) is 31.2. The molecule has 3 aromatic rings. The lowest BCUT2D eigenvalue weighted by Crippen LogP contribution is -2.33. The van der Waals surface area contributed by atoms with Crippen LogP contribution in [0, 0.1) is 0 Å². The van der Waals surface area contributed by atoms with Crippen LogP contribution in [0.1, 0.15) is 54.6 Å². The predicted octanol–water partition coefficient (Wildman–Crippen LogP) is 5.34. The van der Waals surface area contributed by atoms with E-state index >= 15 is 0 Å². The molecule has 0 atom stereocenters. The number of pyridine rings is 1. The van der Waals surface area contributed by atoms with Crippen LogP contribution in [0.2, 0.25) is 0 Å². The Bertz CT molecular complexity index is 1350. The molecule has 0 fully saturated rings. The van der Waals surface area contributed by atoms with E-state index in [0.29, 0.717) is 25.5 Å². The Morgan fingerprint density at radius 2 is 1.97 bits per heavy atom. The summed E-state index contributed by atoms with van der Waals surface area (Å²) in [7, 11) is 3.37. The number of allylic oxidation sites excluding steroid dienone is 1. The fourth-order valence-electron chi connectivity index (χ4n) is 4.06. The van der Waals surface area contributed by atoms with Crippen LogP contribution < -0.4 is 10.3 Å². The number of carbonyl (C=O) groups excluding carboxylic acids is 1. The number of methoxy groups -OCH3 is 1. The van der Waals surface area contributed by atoms with Crippen molar-refractivity contribution in [2.24, 2.45) is 0 Å². The largest absolute Gasteiger partial charge is 0.486 e. The minimum Gasteiger partial charge on any atom is -0.486 e. The number of hydrogen-bond donors (Lipinski definition) is 0. The van der Waals surface area contributed by atoms with Gasteiger partial charge in [-0.3, -0.25) is 9.36 Å². The Hall–Kier alpha value is -3.43. The molecule has 0 radical (unpaired) electrons. The molecular weight excluding hydrogens is 490 g/mol. The Kier molecular flexibility index (Phi) is 8.14. The first kappa shape index (κ1) is 26.6. The van der Waals surface area contributed by atoms with Gasteiger partial charge in [0.05, 0.1) is 12.3 Å². The Morgan fingerprint density at radius 3 is 2.70 bits per heavy atom. The Labute approximate surface area is 221 Å². The van der Waals surface area contributed by atoms with Gasteiger partial charge in [0.2, 0.25) is 0 Å². The maximum atomic E-state index is 12.9. The average Bonchev–Trinajstić information content (AvgIpc) is 3.29. The van der Waals surface area contributed by atoms with Gasteiger partial charge in [0.15, 0.2) is 0 Å². The zero-order valence-corrected chi connectivity index (χ0v) is 22.8. The first-order valence-corrected chi connectivity index (χ1v) is 13.0. The van der Waals surface area contributed by atoms with E-state index in [2.05, 4.69) is 17.1 Å². The number of benzene rings is 1. The molecule has 2 heterocycles. The van der Waals surface area contributed by atoms with Crippen LogP contribution in [0.3, 0.4) is 0 Å². The summed E-state index contributed by atoms with van der Waals surface area (Å²) in [6, 6.07) is 9.49. The molecule has 0 aliphatic heterocycles. The topological polar surface area (TPSA) is 82.9 Å². The van der Waals surface area contributed by atoms with E-state index < -0.39 is 5.60 Å². The summed E-state index contributed by atoms with van der Waals surface area (Å²) in [5.41, 5.74) is 4.45. The average molecular weight is 524 g/mol. The van der Waals surface area contributed by atoms with Gasteiger partial charge >= 0.3 is 6.09 Å². The summed E-state index contributed by atoms with van der Waals surface area (Å²) in [5.74, 6) is 0.514. The second-order valence-electron chi connectivity index (χ2n) is 10.0. The van der Waals surface area contributed by atoms with Crippen molar-refractivity contribution < 1.29 is 19.0 Å². The van der Waals surface area contributed by atoms with Gasteiger partial charge in [-0.2, -0.15) is 0 Å². The molecule has 1 aliphatic carbocycles. The highest BCUT2D eigenvalue weighted by atomic mass is 32.1. The monoisotopic (exact) mass is 523 g/mol. The number of aromatic nitrogens is 2. The molecule has 0 saturated carbocycles. The van der Waals surface area contributed by atoms with Gasteiger partial charge < -0.3 is 19.1 Å². The Balaban J connectivity index is 1.41. The number of carbonyl (C=O) groups is 1. The van der Waals surface area contributed by atoms with Gasteiger partial charge in [0.1, 0.15) is 23.0 Å². The summed E-state index contributed by atoms with van der Waals surface area (Å²) in [5, 5.41) is 2.77. The van der Waals surface area contributed by atoms with Crippen molar-refractivity contribution >= 4 is 29.2 Å². The van der Waals surface area contributed by atoms with Gasteiger partial charge in [-0.25, -0.2) is 9.78 Å². The highest BCUT2D eigenvalue weighted by Gasteiger charge is 2.20. The molecule has 0 N–H and O–H groups in total. The van der Waals surface area contributed by atoms with Gasteiger partial charge in [0, 0.05) is 44.0 Å². The quantitative estimate of drug-likeness (QED) is 0.396. The molecule has 1 amide bonds. The highest BCUT2D eigenvalue weighted by molar-refractivity contribution is 7.09. The summed E-state index contributed by atoms with van der Waals surface area (Å²) < 4.78 is 18.0. The van der Waals surface area contributed by atoms with E-state index in [4.69, 9.17) is 14.2 Å². The fourth-order valence-corrected chi connectivity index (χ4v) is 4.75. The first-order valence-electron chi connectivity index (χ1n) is 12.2. The molecule has 0 bridgehead atoms. The minimum atomic E-state index is -0.528. The van der Waals surface area contributed by atoms with Crippen molar-refractivity contribution in [2.75, 3.05) is 14.2 Å². The summed E-state index contributed by atoms with van der Waals surface area (Å²) >= 11 is 1.51. The SMILES string of the molecule is COCc1csc(COc2ccn(C3=Cc4ccc(CN(C)C(=O)OC(C)(C)C)cc4CC3)c(=O)c2)n1. The van der Waals surface area contributed by atoms with E-state index in [-0.39, 0.29) is 11.7 Å². The Morgan fingerprint density at radius 1 is 1.16 bits per heavy atom. The third kappa shape index (κ3) is 7.08. The van der Waals surface area contributed by atoms with Crippen molar-refractivity contribution in [3.63, 3.8) is 0 Å². The van der Waals surface area contributed by atoms with E-state index in [9.17, 15) is 9.59 Å². The first-order chi connectivity index (χ1) is 17.6. The fraction of sp³-hybridized carbons (Fsp3) is 0.393. The van der Waals surface area contributed by atoms with Crippen molar-refractivity contribution in [3.8, 4) is 5.75 Å². The summed E-state index contributed by atoms with van der Waals surface area (Å²) in [6.45, 7) is 6.81. The van der Waals surface area contributed by atoms with Crippen LogP contribution in [0.25, 0.3) is 11.8 Å². The van der Waals surface area contributed by atoms with E-state index in [1.165, 1.54) is 23.0 Å². The zero-order chi connectivity index (χ0) is 26.6. The molecule has 0 spiro atoms. The number of fused-ring (bicyclic) bond motifs is 1. The maximum absolute atomic E-state index is 12.9. The number of aryl methyl sites for hydroxylation is 1. The second kappa shape index (κ2) is 11.3. The molecule has 37 heavy (non-hydrogen) atoms. The van der Waals surface area contributed by atoms with E-state index in [1.54, 1.807) is 35.9 Å². The third-order valence-corrected chi connectivity index (χ3v) is 6.63. The van der Waals surface area contributed by atoms with Crippen molar-refractivity contribution in [3.05, 3.63) is 79.7 Å². The lowest BCUT2D eigenvalue weighted by molar-refractivity contribution is 0.0285. The van der Waals surface area contributed by atoms with Gasteiger partial charge in [-0.05, 0) is 62.4 Å². The van der Waals surface area contributed by atoms with Crippen molar-refractivity contribution in [1.29, 1.82) is 0 Å². The van der Waals surface area contributed by atoms with Crippen LogP contribution >= 0.6 is 11.3 Å². The molecule has 1 aromatic carbocycles. The molecule has 8 nitrogen and oxygen atoms in total. The highest BCUT2D eigenvalue weighted by Crippen LogP contribution is 2.28. The number of nitrogens with zero attached hydrogens (tertiary/aromatic N) is 3. The second-order valence-corrected chi connectivity index (χ2v) is 11.0. The number of ether oxygens (including phenoxy) is 3. The molecule has 196 valence electrons. The van der Waals surface area contributed by atoms with Crippen LogP contribution in [-0.2, 0) is 35.7 Å². The standard InChI is InChI=1S/C28H33N3O5S/c1-28(2,3)36-27(33)30(4)15-19-6-7-21-13-23(9-8-20(21)12-19)31-11-10-24(14-26(31)32)35-17-25-29-22(16-34-5)18-37-25/h6-7,10-14,18H,8-9,15-17H2,1-5H3. The van der Waals surface area contributed by atoms with E-state index in [0.717, 1.165) is 40.4 Å².